The summed E-state index contributed by atoms with van der Waals surface area (Å²) < 4.78 is 5.83. The first-order chi connectivity index (χ1) is 12.8. The maximum Gasteiger partial charge on any atom is 0.224 e. The molecule has 0 bridgehead atoms. The second-order valence-electron chi connectivity index (χ2n) is 7.87. The van der Waals surface area contributed by atoms with Gasteiger partial charge in [0.05, 0.1) is 6.61 Å². The summed E-state index contributed by atoms with van der Waals surface area (Å²) in [6, 6.07) is 12.4. The summed E-state index contributed by atoms with van der Waals surface area (Å²) >= 11 is 0. The summed E-state index contributed by atoms with van der Waals surface area (Å²) in [5.74, 6) is 1.81. The molecular weight excluding hydrogens is 334 g/mol. The number of rotatable bonds is 8. The van der Waals surface area contributed by atoms with Crippen LogP contribution in [0, 0.1) is 13.8 Å². The van der Waals surface area contributed by atoms with Crippen molar-refractivity contribution < 1.29 is 9.53 Å². The van der Waals surface area contributed by atoms with Gasteiger partial charge in [0.15, 0.2) is 0 Å². The number of hydrogen-bond acceptors (Lipinski definition) is 2. The molecule has 1 amide bonds. The molecule has 0 fully saturated rings. The van der Waals surface area contributed by atoms with Crippen molar-refractivity contribution in [2.75, 3.05) is 11.9 Å². The fraction of sp³-hybridized carbons (Fsp3) is 0.458. The lowest BCUT2D eigenvalue weighted by Crippen LogP contribution is -2.15. The average molecular weight is 368 g/mol. The summed E-state index contributed by atoms with van der Waals surface area (Å²) in [7, 11) is 0. The molecule has 0 unspecified atom stereocenters. The molecular formula is C24H33NO2. The quantitative estimate of drug-likeness (QED) is 0.552. The van der Waals surface area contributed by atoms with E-state index in [2.05, 4.69) is 58.1 Å². The Morgan fingerprint density at radius 1 is 0.963 bits per heavy atom. The van der Waals surface area contributed by atoms with Crippen molar-refractivity contribution in [1.29, 1.82) is 0 Å². The molecule has 0 heterocycles. The molecule has 0 aliphatic carbocycles. The van der Waals surface area contributed by atoms with Gasteiger partial charge < -0.3 is 10.1 Å². The second kappa shape index (κ2) is 9.59. The number of nitrogens with one attached hydrogen (secondary N) is 1. The van der Waals surface area contributed by atoms with Gasteiger partial charge in [0, 0.05) is 12.1 Å². The van der Waals surface area contributed by atoms with Crippen molar-refractivity contribution in [3.63, 3.8) is 0 Å². The number of ether oxygens (including phenoxy) is 1. The molecule has 0 aliphatic rings. The molecule has 2 aromatic rings. The van der Waals surface area contributed by atoms with E-state index in [0.29, 0.717) is 31.3 Å². The van der Waals surface area contributed by atoms with Crippen molar-refractivity contribution in [2.24, 2.45) is 0 Å². The SMILES string of the molecule is Cc1cc(OCCCC(=O)Nc2c(C)cccc2C(C)C)ccc1C(C)C. The van der Waals surface area contributed by atoms with Gasteiger partial charge in [-0.15, -0.1) is 0 Å². The highest BCUT2D eigenvalue weighted by Crippen LogP contribution is 2.27. The predicted octanol–water partition coefficient (Wildman–Crippen LogP) is 6.35. The van der Waals surface area contributed by atoms with Crippen molar-refractivity contribution in [1.82, 2.24) is 0 Å². The normalized spacial score (nSPS) is 11.1. The third kappa shape index (κ3) is 5.85. The molecule has 0 saturated carbocycles. The second-order valence-corrected chi connectivity index (χ2v) is 7.87. The zero-order valence-corrected chi connectivity index (χ0v) is 17.6. The van der Waals surface area contributed by atoms with Crippen molar-refractivity contribution in [3.05, 3.63) is 58.7 Å². The van der Waals surface area contributed by atoms with Crippen molar-refractivity contribution in [3.8, 4) is 5.75 Å². The van der Waals surface area contributed by atoms with E-state index >= 15 is 0 Å². The molecule has 3 heteroatoms. The molecule has 0 spiro atoms. The average Bonchev–Trinajstić information content (AvgIpc) is 2.60. The maximum atomic E-state index is 12.4. The first-order valence-corrected chi connectivity index (χ1v) is 9.92. The minimum atomic E-state index is 0.0427. The Balaban J connectivity index is 1.85. The Morgan fingerprint density at radius 3 is 2.30 bits per heavy atom. The number of para-hydroxylation sites is 1. The highest BCUT2D eigenvalue weighted by Gasteiger charge is 2.12. The van der Waals surface area contributed by atoms with Crippen LogP contribution < -0.4 is 10.1 Å². The number of aryl methyl sites for hydroxylation is 2. The number of anilines is 1. The Hall–Kier alpha value is -2.29. The lowest BCUT2D eigenvalue weighted by Gasteiger charge is -2.16. The number of amides is 1. The van der Waals surface area contributed by atoms with Gasteiger partial charge >= 0.3 is 0 Å². The van der Waals surface area contributed by atoms with Gasteiger partial charge in [0.2, 0.25) is 5.91 Å². The highest BCUT2D eigenvalue weighted by atomic mass is 16.5. The van der Waals surface area contributed by atoms with Gasteiger partial charge in [0.1, 0.15) is 5.75 Å². The van der Waals surface area contributed by atoms with Crippen LogP contribution in [0.1, 0.15) is 74.6 Å². The van der Waals surface area contributed by atoms with Crippen molar-refractivity contribution >= 4 is 11.6 Å². The highest BCUT2D eigenvalue weighted by molar-refractivity contribution is 5.92. The van der Waals surface area contributed by atoms with Gasteiger partial charge in [-0.1, -0.05) is 52.0 Å². The van der Waals surface area contributed by atoms with E-state index in [4.69, 9.17) is 4.74 Å². The van der Waals surface area contributed by atoms with Gasteiger partial charge in [-0.05, 0) is 66.5 Å². The molecule has 27 heavy (non-hydrogen) atoms. The van der Waals surface area contributed by atoms with E-state index in [9.17, 15) is 4.79 Å². The van der Waals surface area contributed by atoms with Gasteiger partial charge in [-0.25, -0.2) is 0 Å². The minimum absolute atomic E-state index is 0.0427. The van der Waals surface area contributed by atoms with Crippen LogP contribution in [0.15, 0.2) is 36.4 Å². The lowest BCUT2D eigenvalue weighted by atomic mass is 9.98. The monoisotopic (exact) mass is 367 g/mol. The predicted molar refractivity (Wildman–Crippen MR) is 114 cm³/mol. The summed E-state index contributed by atoms with van der Waals surface area (Å²) in [6.07, 6.45) is 1.15. The summed E-state index contributed by atoms with van der Waals surface area (Å²) in [5, 5.41) is 3.09. The van der Waals surface area contributed by atoms with Crippen LogP contribution in [-0.4, -0.2) is 12.5 Å². The smallest absolute Gasteiger partial charge is 0.224 e. The molecule has 3 nitrogen and oxygen atoms in total. The standard InChI is InChI=1S/C24H33NO2/c1-16(2)21-13-12-20(15-19(21)6)27-14-8-11-23(26)25-24-18(5)9-7-10-22(24)17(3)4/h7,9-10,12-13,15-17H,8,11,14H2,1-6H3,(H,25,26). The maximum absolute atomic E-state index is 12.4. The van der Waals surface area contributed by atoms with Gasteiger partial charge in [0.25, 0.3) is 0 Å². The summed E-state index contributed by atoms with van der Waals surface area (Å²) in [5.41, 5.74) is 5.84. The first-order valence-electron chi connectivity index (χ1n) is 9.92. The van der Waals surface area contributed by atoms with Crippen LogP contribution in [0.4, 0.5) is 5.69 Å². The van der Waals surface area contributed by atoms with E-state index in [-0.39, 0.29) is 5.91 Å². The molecule has 1 N–H and O–H groups in total. The largest absolute Gasteiger partial charge is 0.494 e. The van der Waals surface area contributed by atoms with E-state index in [0.717, 1.165) is 17.0 Å². The number of carbonyl (C=O) groups excluding carboxylic acids is 1. The van der Waals surface area contributed by atoms with E-state index < -0.39 is 0 Å². The fourth-order valence-corrected chi connectivity index (χ4v) is 3.35. The number of benzene rings is 2. The van der Waals surface area contributed by atoms with Crippen LogP contribution in [0.3, 0.4) is 0 Å². The zero-order valence-electron chi connectivity index (χ0n) is 17.6. The Labute approximate surface area is 164 Å². The van der Waals surface area contributed by atoms with Crippen LogP contribution >= 0.6 is 0 Å². The molecule has 0 atom stereocenters. The van der Waals surface area contributed by atoms with Crippen LogP contribution in [-0.2, 0) is 4.79 Å². The number of hydrogen-bond donors (Lipinski definition) is 1. The van der Waals surface area contributed by atoms with E-state index in [1.165, 1.54) is 16.7 Å². The molecule has 2 aromatic carbocycles. The first kappa shape index (κ1) is 21.0. The van der Waals surface area contributed by atoms with Gasteiger partial charge in [-0.3, -0.25) is 4.79 Å². The van der Waals surface area contributed by atoms with Crippen LogP contribution in [0.5, 0.6) is 5.75 Å². The van der Waals surface area contributed by atoms with E-state index in [1.54, 1.807) is 0 Å². The van der Waals surface area contributed by atoms with Crippen molar-refractivity contribution in [2.45, 2.75) is 66.2 Å². The molecule has 0 aliphatic heterocycles. The van der Waals surface area contributed by atoms with E-state index in [1.807, 2.05) is 25.1 Å². The molecule has 146 valence electrons. The lowest BCUT2D eigenvalue weighted by molar-refractivity contribution is -0.116. The Morgan fingerprint density at radius 2 is 1.67 bits per heavy atom. The Bertz CT molecular complexity index is 778. The summed E-state index contributed by atoms with van der Waals surface area (Å²) in [4.78, 5) is 12.4. The topological polar surface area (TPSA) is 38.3 Å². The van der Waals surface area contributed by atoms with Gasteiger partial charge in [-0.2, -0.15) is 0 Å². The fourth-order valence-electron chi connectivity index (χ4n) is 3.35. The third-order valence-corrected chi connectivity index (χ3v) is 4.87. The van der Waals surface area contributed by atoms with Crippen LogP contribution in [0.2, 0.25) is 0 Å². The minimum Gasteiger partial charge on any atom is -0.494 e. The molecule has 2 rings (SSSR count). The zero-order chi connectivity index (χ0) is 20.0. The summed E-state index contributed by atoms with van der Waals surface area (Å²) in [6.45, 7) is 13.4. The van der Waals surface area contributed by atoms with Crippen LogP contribution in [0.25, 0.3) is 0 Å². The Kier molecular flexibility index (Phi) is 7.46. The third-order valence-electron chi connectivity index (χ3n) is 4.87. The molecule has 0 radical (unpaired) electrons. The molecule has 0 saturated heterocycles. The number of carbonyl (C=O) groups is 1. The molecule has 0 aromatic heterocycles.